The maximum Gasteiger partial charge on any atom is 0.333 e. The van der Waals surface area contributed by atoms with E-state index in [0.717, 1.165) is 14.0 Å². The molecular weight excluding hydrogens is 332 g/mol. The molecule has 0 spiro atoms. The highest BCUT2D eigenvalue weighted by Gasteiger charge is 2.35. The van der Waals surface area contributed by atoms with Gasteiger partial charge >= 0.3 is 5.69 Å². The first-order valence-electron chi connectivity index (χ1n) is 7.23. The lowest BCUT2D eigenvalue weighted by atomic mass is 10.0. The van der Waals surface area contributed by atoms with Gasteiger partial charge in [-0.25, -0.2) is 9.80 Å². The van der Waals surface area contributed by atoms with Crippen molar-refractivity contribution in [3.05, 3.63) is 48.8 Å². The number of rotatable bonds is 2. The van der Waals surface area contributed by atoms with E-state index in [4.69, 9.17) is 0 Å². The summed E-state index contributed by atoms with van der Waals surface area (Å²) in [5.74, 6) is -0.707. The SMILES string of the molecule is CC(=O)N1N=C(c2c(O)n(C)c(=O)n(C)c2=O)CC1c1cccs1. The highest BCUT2D eigenvalue weighted by Crippen LogP contribution is 2.35. The zero-order valence-corrected chi connectivity index (χ0v) is 14.2. The van der Waals surface area contributed by atoms with Gasteiger partial charge in [-0.15, -0.1) is 11.3 Å². The van der Waals surface area contributed by atoms with Crippen LogP contribution in [-0.4, -0.2) is 30.9 Å². The molecule has 3 rings (SSSR count). The maximum absolute atomic E-state index is 12.4. The van der Waals surface area contributed by atoms with Crippen molar-refractivity contribution in [2.75, 3.05) is 0 Å². The smallest absolute Gasteiger partial charge is 0.333 e. The number of hydrazone groups is 1. The molecule has 1 atom stereocenters. The molecular formula is C15H16N4O4S. The van der Waals surface area contributed by atoms with Gasteiger partial charge < -0.3 is 5.11 Å². The Bertz CT molecular complexity index is 955. The molecule has 0 aromatic carbocycles. The standard InChI is InChI=1S/C15H16N4O4S/c1-8(20)19-10(11-5-4-6-24-11)7-9(16-19)12-13(21)17(2)15(23)18(3)14(12)22/h4-6,10,21H,7H2,1-3H3. The van der Waals surface area contributed by atoms with Crippen molar-refractivity contribution < 1.29 is 9.90 Å². The average Bonchev–Trinajstić information content (AvgIpc) is 3.20. The summed E-state index contributed by atoms with van der Waals surface area (Å²) < 4.78 is 1.89. The molecule has 0 bridgehead atoms. The molecule has 1 amide bonds. The van der Waals surface area contributed by atoms with Crippen molar-refractivity contribution in [3.63, 3.8) is 0 Å². The van der Waals surface area contributed by atoms with Gasteiger partial charge in [-0.2, -0.15) is 5.10 Å². The molecule has 1 unspecified atom stereocenters. The van der Waals surface area contributed by atoms with Crippen LogP contribution in [0.1, 0.15) is 29.8 Å². The summed E-state index contributed by atoms with van der Waals surface area (Å²) in [4.78, 5) is 37.1. The first-order valence-corrected chi connectivity index (χ1v) is 8.11. The van der Waals surface area contributed by atoms with E-state index < -0.39 is 17.1 Å². The summed E-state index contributed by atoms with van der Waals surface area (Å²) in [7, 11) is 2.71. The van der Waals surface area contributed by atoms with Gasteiger partial charge in [-0.1, -0.05) is 6.07 Å². The van der Waals surface area contributed by atoms with Crippen molar-refractivity contribution in [2.24, 2.45) is 19.2 Å². The summed E-state index contributed by atoms with van der Waals surface area (Å²) in [5.41, 5.74) is -1.02. The molecule has 0 saturated carbocycles. The Hall–Kier alpha value is -2.68. The molecule has 126 valence electrons. The monoisotopic (exact) mass is 348 g/mol. The minimum atomic E-state index is -0.635. The summed E-state index contributed by atoms with van der Waals surface area (Å²) in [6.45, 7) is 1.39. The van der Waals surface area contributed by atoms with E-state index >= 15 is 0 Å². The normalized spacial score (nSPS) is 17.2. The Balaban J connectivity index is 2.15. The third kappa shape index (κ3) is 2.37. The number of nitrogens with zero attached hydrogens (tertiary/aromatic N) is 4. The molecule has 1 aliphatic heterocycles. The van der Waals surface area contributed by atoms with Crippen molar-refractivity contribution in [1.29, 1.82) is 0 Å². The molecule has 8 nitrogen and oxygen atoms in total. The van der Waals surface area contributed by atoms with E-state index in [9.17, 15) is 19.5 Å². The second kappa shape index (κ2) is 5.75. The van der Waals surface area contributed by atoms with Crippen LogP contribution in [0.4, 0.5) is 0 Å². The van der Waals surface area contributed by atoms with Crippen LogP contribution in [0.15, 0.2) is 32.2 Å². The molecule has 3 heterocycles. The Morgan fingerprint density at radius 1 is 1.33 bits per heavy atom. The molecule has 2 aromatic heterocycles. The number of thiophene rings is 1. The number of hydrogen-bond acceptors (Lipinski definition) is 6. The number of aromatic hydroxyl groups is 1. The maximum atomic E-state index is 12.4. The molecule has 1 N–H and O–H groups in total. The lowest BCUT2D eigenvalue weighted by Gasteiger charge is -2.18. The Morgan fingerprint density at radius 3 is 2.62 bits per heavy atom. The number of hydrogen-bond donors (Lipinski definition) is 1. The second-order valence-corrected chi connectivity index (χ2v) is 6.53. The number of carbonyl (C=O) groups excluding carboxylic acids is 1. The van der Waals surface area contributed by atoms with E-state index in [1.165, 1.54) is 37.4 Å². The van der Waals surface area contributed by atoms with Crippen LogP contribution in [0.25, 0.3) is 0 Å². The quantitative estimate of drug-likeness (QED) is 0.857. The van der Waals surface area contributed by atoms with E-state index in [1.807, 2.05) is 17.5 Å². The first-order chi connectivity index (χ1) is 11.3. The average molecular weight is 348 g/mol. The van der Waals surface area contributed by atoms with Gasteiger partial charge in [-0.05, 0) is 11.4 Å². The zero-order chi connectivity index (χ0) is 17.6. The van der Waals surface area contributed by atoms with Crippen molar-refractivity contribution in [3.8, 4) is 5.88 Å². The molecule has 0 fully saturated rings. The minimum Gasteiger partial charge on any atom is -0.494 e. The van der Waals surface area contributed by atoms with Gasteiger partial charge in [-0.3, -0.25) is 18.7 Å². The molecule has 0 saturated heterocycles. The Morgan fingerprint density at radius 2 is 2.04 bits per heavy atom. The second-order valence-electron chi connectivity index (χ2n) is 5.55. The predicted octanol–water partition coefficient (Wildman–Crippen LogP) is 0.549. The van der Waals surface area contributed by atoms with Crippen LogP contribution >= 0.6 is 11.3 Å². The Labute approximate surface area is 140 Å². The highest BCUT2D eigenvalue weighted by molar-refractivity contribution is 7.10. The first kappa shape index (κ1) is 16.2. The summed E-state index contributed by atoms with van der Waals surface area (Å²) in [5, 5.41) is 17.7. The fourth-order valence-electron chi connectivity index (χ4n) is 2.74. The van der Waals surface area contributed by atoms with Crippen LogP contribution in [0.5, 0.6) is 5.88 Å². The van der Waals surface area contributed by atoms with E-state index in [1.54, 1.807) is 0 Å². The number of carbonyl (C=O) groups is 1. The summed E-state index contributed by atoms with van der Waals surface area (Å²) in [6.07, 6.45) is 0.293. The van der Waals surface area contributed by atoms with Crippen LogP contribution in [0.2, 0.25) is 0 Å². The van der Waals surface area contributed by atoms with Crippen LogP contribution in [0.3, 0.4) is 0 Å². The fraction of sp³-hybridized carbons (Fsp3) is 0.333. The van der Waals surface area contributed by atoms with Gasteiger partial charge in [0.05, 0.1) is 11.8 Å². The molecule has 9 heteroatoms. The molecule has 0 radical (unpaired) electrons. The highest BCUT2D eigenvalue weighted by atomic mass is 32.1. The van der Waals surface area contributed by atoms with Crippen molar-refractivity contribution in [2.45, 2.75) is 19.4 Å². The van der Waals surface area contributed by atoms with E-state index in [-0.39, 0.29) is 23.2 Å². The van der Waals surface area contributed by atoms with E-state index in [0.29, 0.717) is 6.42 Å². The fourth-order valence-corrected chi connectivity index (χ4v) is 3.55. The molecule has 24 heavy (non-hydrogen) atoms. The zero-order valence-electron chi connectivity index (χ0n) is 13.4. The largest absolute Gasteiger partial charge is 0.494 e. The van der Waals surface area contributed by atoms with Gasteiger partial charge in [0.25, 0.3) is 5.56 Å². The number of amides is 1. The number of aromatic nitrogens is 2. The molecule has 1 aliphatic rings. The lowest BCUT2D eigenvalue weighted by molar-refractivity contribution is -0.130. The Kier molecular flexibility index (Phi) is 3.88. The van der Waals surface area contributed by atoms with Crippen molar-refractivity contribution >= 4 is 23.0 Å². The van der Waals surface area contributed by atoms with Crippen LogP contribution in [0, 0.1) is 0 Å². The van der Waals surface area contributed by atoms with Gasteiger partial charge in [0.15, 0.2) is 0 Å². The topological polar surface area (TPSA) is 96.9 Å². The molecule has 2 aromatic rings. The summed E-state index contributed by atoms with van der Waals surface area (Å²) >= 11 is 1.49. The molecule has 0 aliphatic carbocycles. The van der Waals surface area contributed by atoms with Crippen LogP contribution < -0.4 is 11.2 Å². The third-order valence-corrected chi connectivity index (χ3v) is 5.00. The third-order valence-electron chi connectivity index (χ3n) is 4.03. The summed E-state index contributed by atoms with van der Waals surface area (Å²) in [6, 6.07) is 3.44. The van der Waals surface area contributed by atoms with Crippen LogP contribution in [-0.2, 0) is 18.9 Å². The van der Waals surface area contributed by atoms with Crippen molar-refractivity contribution in [1.82, 2.24) is 14.1 Å². The predicted molar refractivity (Wildman–Crippen MR) is 89.3 cm³/mol. The van der Waals surface area contributed by atoms with E-state index in [2.05, 4.69) is 5.10 Å². The minimum absolute atomic E-state index is 0.0510. The lowest BCUT2D eigenvalue weighted by Crippen LogP contribution is -2.39. The van der Waals surface area contributed by atoms with Gasteiger partial charge in [0.1, 0.15) is 5.56 Å². The van der Waals surface area contributed by atoms with Gasteiger partial charge in [0, 0.05) is 32.3 Å². The van der Waals surface area contributed by atoms with Gasteiger partial charge in [0.2, 0.25) is 11.8 Å².